The molecule has 0 saturated heterocycles. The van der Waals surface area contributed by atoms with E-state index in [-0.39, 0.29) is 11.7 Å². The van der Waals surface area contributed by atoms with Crippen molar-refractivity contribution < 1.29 is 4.79 Å². The third-order valence-corrected chi connectivity index (χ3v) is 6.43. The Balaban J connectivity index is 2.79. The molecule has 0 N–H and O–H groups in total. The Labute approximate surface area is 180 Å². The zero-order valence-corrected chi connectivity index (χ0v) is 19.7. The van der Waals surface area contributed by atoms with Crippen molar-refractivity contribution in [2.75, 3.05) is 7.05 Å². The van der Waals surface area contributed by atoms with Crippen LogP contribution in [0.1, 0.15) is 68.1 Å². The summed E-state index contributed by atoms with van der Waals surface area (Å²) in [6, 6.07) is 7.67. The number of carbonyl (C=O) groups is 1. The first kappa shape index (κ1) is 23.2. The normalized spacial score (nSPS) is 14.0. The minimum atomic E-state index is -0.373. The molecule has 156 valence electrons. The highest BCUT2D eigenvalue weighted by molar-refractivity contribution is 6.30. The number of Topliss-reactive ketones (excluding diaryl/α,β-unsaturated/α-hetero) is 1. The molecule has 0 fully saturated rings. The average Bonchev–Trinajstić information content (AvgIpc) is 2.92. The lowest BCUT2D eigenvalue weighted by Crippen LogP contribution is -2.21. The van der Waals surface area contributed by atoms with Crippen LogP contribution in [0, 0.1) is 13.8 Å². The number of carbonyl (C=O) groups excluding carboxylic acids is 1. The van der Waals surface area contributed by atoms with Gasteiger partial charge < -0.3 is 4.57 Å². The van der Waals surface area contributed by atoms with Crippen LogP contribution in [0.3, 0.4) is 0 Å². The lowest BCUT2D eigenvalue weighted by Gasteiger charge is -2.21. The van der Waals surface area contributed by atoms with Gasteiger partial charge in [-0.05, 0) is 80.5 Å². The Morgan fingerprint density at radius 3 is 2.17 bits per heavy atom. The fraction of sp³-hybridized carbons (Fsp3) is 0.440. The molecular weight excluding hydrogens is 380 g/mol. The smallest absolute Gasteiger partial charge is 0.172 e. The Morgan fingerprint density at radius 1 is 1.14 bits per heavy atom. The van der Waals surface area contributed by atoms with Gasteiger partial charge in [0.1, 0.15) is 0 Å². The summed E-state index contributed by atoms with van der Waals surface area (Å²) in [5.74, 6) is -0.249. The van der Waals surface area contributed by atoms with Crippen LogP contribution in [0.2, 0.25) is 5.02 Å². The number of hydrogen-bond acceptors (Lipinski definition) is 2. The summed E-state index contributed by atoms with van der Waals surface area (Å²) < 4.78 is 2.19. The topological polar surface area (TPSA) is 34.4 Å². The number of aliphatic imine (C=N–C) groups is 1. The molecule has 1 aromatic carbocycles. The van der Waals surface area contributed by atoms with E-state index in [9.17, 15) is 4.79 Å². The van der Waals surface area contributed by atoms with Gasteiger partial charge in [-0.25, -0.2) is 0 Å². The number of hydrogen-bond donors (Lipinski definition) is 0. The van der Waals surface area contributed by atoms with Gasteiger partial charge in [0.25, 0.3) is 0 Å². The minimum absolute atomic E-state index is 0.124. The molecule has 0 amide bonds. The molecule has 1 aromatic heterocycles. The molecule has 2 rings (SSSR count). The quantitative estimate of drug-likeness (QED) is 0.384. The van der Waals surface area contributed by atoms with E-state index in [1.54, 1.807) is 7.05 Å². The van der Waals surface area contributed by atoms with Crippen LogP contribution in [0.4, 0.5) is 0 Å². The summed E-state index contributed by atoms with van der Waals surface area (Å²) in [4.78, 5) is 18.2. The van der Waals surface area contributed by atoms with E-state index in [1.165, 1.54) is 16.8 Å². The van der Waals surface area contributed by atoms with Crippen molar-refractivity contribution in [3.8, 4) is 0 Å². The predicted octanol–water partition coefficient (Wildman–Crippen LogP) is 6.38. The molecule has 1 unspecified atom stereocenters. The highest BCUT2D eigenvalue weighted by atomic mass is 35.5. The number of halogens is 1. The maximum atomic E-state index is 13.9. The first-order valence-corrected chi connectivity index (χ1v) is 10.6. The molecule has 0 radical (unpaired) electrons. The van der Waals surface area contributed by atoms with Crippen LogP contribution >= 0.6 is 11.6 Å². The third-order valence-electron chi connectivity index (χ3n) is 6.18. The maximum Gasteiger partial charge on any atom is 0.172 e. The number of allylic oxidation sites excluding steroid dienone is 2. The standard InChI is InChI=1S/C25H33ClN2O/c1-9-21(17(5)27-7)16(4)25(29)23(19-11-13-20(26)14-12-19)24-15(3)22(10-2)18(6)28(24)8/h11-14,23H,9-10H2,1-8H3/b21-16-,27-17?. The van der Waals surface area contributed by atoms with E-state index in [4.69, 9.17) is 11.6 Å². The molecule has 0 aliphatic rings. The van der Waals surface area contributed by atoms with Gasteiger partial charge in [0.2, 0.25) is 0 Å². The fourth-order valence-corrected chi connectivity index (χ4v) is 4.50. The Kier molecular flexibility index (Phi) is 7.65. The van der Waals surface area contributed by atoms with Crippen LogP contribution in [0.25, 0.3) is 0 Å². The van der Waals surface area contributed by atoms with Crippen LogP contribution in [-0.4, -0.2) is 23.1 Å². The summed E-state index contributed by atoms with van der Waals surface area (Å²) in [5, 5.41) is 0.671. The number of benzene rings is 1. The molecule has 2 aromatic rings. The van der Waals surface area contributed by atoms with Gasteiger partial charge in [-0.3, -0.25) is 9.79 Å². The monoisotopic (exact) mass is 412 g/mol. The molecule has 0 saturated carbocycles. The van der Waals surface area contributed by atoms with Gasteiger partial charge in [-0.15, -0.1) is 0 Å². The number of rotatable bonds is 7. The number of ketones is 1. The zero-order chi connectivity index (χ0) is 21.9. The Morgan fingerprint density at radius 2 is 1.72 bits per heavy atom. The molecule has 0 spiro atoms. The van der Waals surface area contributed by atoms with Crippen LogP contribution in [-0.2, 0) is 18.3 Å². The lowest BCUT2D eigenvalue weighted by molar-refractivity contribution is -0.116. The average molecular weight is 413 g/mol. The van der Waals surface area contributed by atoms with E-state index in [0.717, 1.165) is 41.0 Å². The van der Waals surface area contributed by atoms with Gasteiger partial charge in [0.05, 0.1) is 5.92 Å². The predicted molar refractivity (Wildman–Crippen MR) is 125 cm³/mol. The summed E-state index contributed by atoms with van der Waals surface area (Å²) >= 11 is 6.14. The van der Waals surface area contributed by atoms with E-state index < -0.39 is 0 Å². The summed E-state index contributed by atoms with van der Waals surface area (Å²) in [7, 11) is 3.84. The molecule has 29 heavy (non-hydrogen) atoms. The van der Waals surface area contributed by atoms with Crippen molar-refractivity contribution >= 4 is 23.1 Å². The summed E-state index contributed by atoms with van der Waals surface area (Å²) in [5.41, 5.74) is 8.49. The van der Waals surface area contributed by atoms with Crippen LogP contribution in [0.5, 0.6) is 0 Å². The first-order chi connectivity index (χ1) is 13.7. The molecular formula is C25H33ClN2O. The number of aromatic nitrogens is 1. The van der Waals surface area contributed by atoms with Crippen molar-refractivity contribution in [3.05, 3.63) is 68.5 Å². The minimum Gasteiger partial charge on any atom is -0.350 e. The lowest BCUT2D eigenvalue weighted by atomic mass is 9.84. The molecule has 4 heteroatoms. The third kappa shape index (κ3) is 4.40. The molecule has 3 nitrogen and oxygen atoms in total. The SMILES string of the molecule is CC/C(C(C)=NC)=C(\C)C(=O)C(c1ccc(Cl)cc1)c1c(C)c(CC)c(C)n1C. The Hall–Kier alpha value is -2.13. The van der Waals surface area contributed by atoms with Crippen LogP contribution in [0.15, 0.2) is 40.4 Å². The van der Waals surface area contributed by atoms with Gasteiger partial charge in [-0.1, -0.05) is 37.6 Å². The summed E-state index contributed by atoms with van der Waals surface area (Å²) in [6.07, 6.45) is 1.73. The Bertz CT molecular complexity index is 962. The van der Waals surface area contributed by atoms with Crippen molar-refractivity contribution in [1.29, 1.82) is 0 Å². The highest BCUT2D eigenvalue weighted by Gasteiger charge is 2.31. The molecule has 1 heterocycles. The zero-order valence-electron chi connectivity index (χ0n) is 19.0. The second-order valence-electron chi connectivity index (χ2n) is 7.60. The van der Waals surface area contributed by atoms with E-state index in [2.05, 4.69) is 44.3 Å². The van der Waals surface area contributed by atoms with E-state index >= 15 is 0 Å². The van der Waals surface area contributed by atoms with Gasteiger partial charge in [0.15, 0.2) is 5.78 Å². The fourth-order valence-electron chi connectivity index (χ4n) is 4.37. The van der Waals surface area contributed by atoms with E-state index in [0.29, 0.717) is 5.02 Å². The van der Waals surface area contributed by atoms with Crippen LogP contribution < -0.4 is 0 Å². The second-order valence-corrected chi connectivity index (χ2v) is 8.04. The van der Waals surface area contributed by atoms with Gasteiger partial charge in [0, 0.05) is 36.2 Å². The summed E-state index contributed by atoms with van der Waals surface area (Å²) in [6.45, 7) is 12.4. The largest absolute Gasteiger partial charge is 0.350 e. The first-order valence-electron chi connectivity index (χ1n) is 10.3. The molecule has 0 aliphatic carbocycles. The second kappa shape index (κ2) is 9.58. The van der Waals surface area contributed by atoms with E-state index in [1.807, 2.05) is 38.1 Å². The number of nitrogens with zero attached hydrogens (tertiary/aromatic N) is 2. The highest BCUT2D eigenvalue weighted by Crippen LogP contribution is 2.35. The van der Waals surface area contributed by atoms with Gasteiger partial charge >= 0.3 is 0 Å². The van der Waals surface area contributed by atoms with Crippen molar-refractivity contribution in [2.45, 2.75) is 60.3 Å². The molecule has 1 atom stereocenters. The van der Waals surface area contributed by atoms with Crippen molar-refractivity contribution in [1.82, 2.24) is 4.57 Å². The maximum absolute atomic E-state index is 13.9. The van der Waals surface area contributed by atoms with Crippen molar-refractivity contribution in [3.63, 3.8) is 0 Å². The molecule has 0 aliphatic heterocycles. The van der Waals surface area contributed by atoms with Crippen molar-refractivity contribution in [2.24, 2.45) is 12.0 Å². The van der Waals surface area contributed by atoms with Gasteiger partial charge in [-0.2, -0.15) is 0 Å². The molecule has 0 bridgehead atoms.